The van der Waals surface area contributed by atoms with Gasteiger partial charge in [-0.05, 0) is 31.0 Å². The number of rotatable bonds is 3. The second-order valence-electron chi connectivity index (χ2n) is 5.96. The minimum Gasteiger partial charge on any atom is -0.331 e. The molecule has 1 unspecified atom stereocenters. The molecule has 0 aliphatic carbocycles. The number of nitrogens with one attached hydrogen (secondary N) is 1. The van der Waals surface area contributed by atoms with E-state index in [2.05, 4.69) is 5.32 Å². The van der Waals surface area contributed by atoms with E-state index in [1.54, 1.807) is 23.1 Å². The van der Waals surface area contributed by atoms with Crippen molar-refractivity contribution in [3.63, 3.8) is 0 Å². The maximum atomic E-state index is 12.5. The Kier molecular flexibility index (Phi) is 6.34. The highest BCUT2D eigenvalue weighted by Gasteiger charge is 2.32. The van der Waals surface area contributed by atoms with Crippen LogP contribution in [0.1, 0.15) is 24.9 Å². The maximum Gasteiger partial charge on any atom is 0.401 e. The summed E-state index contributed by atoms with van der Waals surface area (Å²) in [5.41, 5.74) is 0.879. The van der Waals surface area contributed by atoms with Crippen LogP contribution in [0, 0.1) is 0 Å². The van der Waals surface area contributed by atoms with Crippen LogP contribution in [-0.4, -0.2) is 54.7 Å². The SMILES string of the molecule is CC(NC(=O)N1CCCN(CC(F)(F)F)CC1)c1cccc(Cl)c1. The van der Waals surface area contributed by atoms with Gasteiger partial charge in [-0.3, -0.25) is 4.90 Å². The fraction of sp³-hybridized carbons (Fsp3) is 0.562. The number of urea groups is 1. The van der Waals surface area contributed by atoms with Gasteiger partial charge in [-0.15, -0.1) is 0 Å². The number of amides is 2. The number of carbonyl (C=O) groups excluding carboxylic acids is 1. The molecule has 0 spiro atoms. The lowest BCUT2D eigenvalue weighted by molar-refractivity contribution is -0.145. The van der Waals surface area contributed by atoms with Crippen LogP contribution in [0.5, 0.6) is 0 Å². The molecule has 1 aliphatic rings. The maximum absolute atomic E-state index is 12.5. The van der Waals surface area contributed by atoms with Crippen molar-refractivity contribution in [1.82, 2.24) is 15.1 Å². The zero-order valence-corrected chi connectivity index (χ0v) is 14.2. The number of hydrogen-bond donors (Lipinski definition) is 1. The Hall–Kier alpha value is -1.47. The molecule has 1 fully saturated rings. The minimum atomic E-state index is -4.21. The van der Waals surface area contributed by atoms with E-state index in [1.807, 2.05) is 13.0 Å². The molecule has 0 radical (unpaired) electrons. The summed E-state index contributed by atoms with van der Waals surface area (Å²) in [6, 6.07) is 6.71. The molecular weight excluding hydrogens is 343 g/mol. The van der Waals surface area contributed by atoms with Gasteiger partial charge in [0.1, 0.15) is 0 Å². The molecule has 134 valence electrons. The van der Waals surface area contributed by atoms with Crippen LogP contribution in [0.15, 0.2) is 24.3 Å². The Balaban J connectivity index is 1.88. The third-order valence-electron chi connectivity index (χ3n) is 3.97. The average molecular weight is 364 g/mol. The summed E-state index contributed by atoms with van der Waals surface area (Å²) < 4.78 is 37.4. The van der Waals surface area contributed by atoms with E-state index >= 15 is 0 Å². The van der Waals surface area contributed by atoms with Crippen LogP contribution in [0.25, 0.3) is 0 Å². The molecule has 1 N–H and O–H groups in total. The van der Waals surface area contributed by atoms with Crippen molar-refractivity contribution in [2.45, 2.75) is 25.6 Å². The van der Waals surface area contributed by atoms with Crippen LogP contribution in [0.4, 0.5) is 18.0 Å². The van der Waals surface area contributed by atoms with Crippen molar-refractivity contribution in [2.24, 2.45) is 0 Å². The molecule has 1 atom stereocenters. The fourth-order valence-corrected chi connectivity index (χ4v) is 2.92. The topological polar surface area (TPSA) is 35.6 Å². The normalized spacial score (nSPS) is 18.1. The number of benzene rings is 1. The van der Waals surface area contributed by atoms with Crippen LogP contribution >= 0.6 is 11.6 Å². The fourth-order valence-electron chi connectivity index (χ4n) is 2.72. The first-order chi connectivity index (χ1) is 11.2. The Bertz CT molecular complexity index is 568. The summed E-state index contributed by atoms with van der Waals surface area (Å²) in [6.07, 6.45) is -3.69. The van der Waals surface area contributed by atoms with Crippen molar-refractivity contribution < 1.29 is 18.0 Å². The predicted molar refractivity (Wildman–Crippen MR) is 87.1 cm³/mol. The summed E-state index contributed by atoms with van der Waals surface area (Å²) >= 11 is 5.94. The van der Waals surface area contributed by atoms with Gasteiger partial charge in [0.25, 0.3) is 0 Å². The van der Waals surface area contributed by atoms with Crippen LogP contribution in [0.2, 0.25) is 5.02 Å². The van der Waals surface area contributed by atoms with Crippen molar-refractivity contribution in [2.75, 3.05) is 32.7 Å². The molecule has 2 amide bonds. The van der Waals surface area contributed by atoms with E-state index in [-0.39, 0.29) is 25.2 Å². The van der Waals surface area contributed by atoms with Crippen molar-refractivity contribution in [3.05, 3.63) is 34.9 Å². The molecule has 1 aliphatic heterocycles. The van der Waals surface area contributed by atoms with E-state index in [0.29, 0.717) is 24.5 Å². The van der Waals surface area contributed by atoms with Gasteiger partial charge in [-0.2, -0.15) is 13.2 Å². The molecule has 2 rings (SSSR count). The number of alkyl halides is 3. The number of carbonyl (C=O) groups is 1. The standard InChI is InChI=1S/C16H21ClF3N3O/c1-12(13-4-2-5-14(17)10-13)21-15(24)23-7-3-6-22(8-9-23)11-16(18,19)20/h2,4-5,10,12H,3,6-9,11H2,1H3,(H,21,24). The van der Waals surface area contributed by atoms with E-state index < -0.39 is 12.7 Å². The van der Waals surface area contributed by atoms with E-state index in [4.69, 9.17) is 11.6 Å². The highest BCUT2D eigenvalue weighted by atomic mass is 35.5. The Morgan fingerprint density at radius 3 is 2.71 bits per heavy atom. The first-order valence-electron chi connectivity index (χ1n) is 7.84. The van der Waals surface area contributed by atoms with E-state index in [9.17, 15) is 18.0 Å². The minimum absolute atomic E-state index is 0.221. The second-order valence-corrected chi connectivity index (χ2v) is 6.39. The van der Waals surface area contributed by atoms with Crippen LogP contribution in [-0.2, 0) is 0 Å². The van der Waals surface area contributed by atoms with Crippen LogP contribution in [0.3, 0.4) is 0 Å². The lowest BCUT2D eigenvalue weighted by atomic mass is 10.1. The molecule has 1 aromatic rings. The molecular formula is C16H21ClF3N3O. The lowest BCUT2D eigenvalue weighted by Gasteiger charge is -2.25. The monoisotopic (exact) mass is 363 g/mol. The summed E-state index contributed by atoms with van der Waals surface area (Å²) in [5, 5.41) is 3.46. The van der Waals surface area contributed by atoms with Crippen molar-refractivity contribution >= 4 is 17.6 Å². The predicted octanol–water partition coefficient (Wildman–Crippen LogP) is 3.68. The van der Waals surface area contributed by atoms with Crippen molar-refractivity contribution in [1.29, 1.82) is 0 Å². The van der Waals surface area contributed by atoms with Gasteiger partial charge in [0.15, 0.2) is 0 Å². The highest BCUT2D eigenvalue weighted by Crippen LogP contribution is 2.19. The zero-order valence-electron chi connectivity index (χ0n) is 13.4. The largest absolute Gasteiger partial charge is 0.401 e. The molecule has 0 saturated carbocycles. The summed E-state index contributed by atoms with van der Waals surface area (Å²) in [6.45, 7) is 2.21. The van der Waals surface area contributed by atoms with Gasteiger partial charge in [0.2, 0.25) is 0 Å². The van der Waals surface area contributed by atoms with Gasteiger partial charge < -0.3 is 10.2 Å². The number of hydrogen-bond acceptors (Lipinski definition) is 2. The first-order valence-corrected chi connectivity index (χ1v) is 8.22. The second kappa shape index (κ2) is 8.07. The van der Waals surface area contributed by atoms with Crippen LogP contribution < -0.4 is 5.32 Å². The van der Waals surface area contributed by atoms with Gasteiger partial charge in [0.05, 0.1) is 12.6 Å². The number of halogens is 4. The molecule has 1 heterocycles. The smallest absolute Gasteiger partial charge is 0.331 e. The molecule has 0 bridgehead atoms. The molecule has 1 aromatic carbocycles. The summed E-state index contributed by atoms with van der Waals surface area (Å²) in [5.74, 6) is 0. The molecule has 8 heteroatoms. The number of nitrogens with zero attached hydrogens (tertiary/aromatic N) is 2. The van der Waals surface area contributed by atoms with E-state index in [0.717, 1.165) is 5.56 Å². The van der Waals surface area contributed by atoms with Gasteiger partial charge in [0, 0.05) is 31.2 Å². The molecule has 0 aromatic heterocycles. The summed E-state index contributed by atoms with van der Waals surface area (Å²) in [4.78, 5) is 15.3. The van der Waals surface area contributed by atoms with Gasteiger partial charge >= 0.3 is 12.2 Å². The first kappa shape index (κ1) is 18.9. The molecule has 24 heavy (non-hydrogen) atoms. The van der Waals surface area contributed by atoms with Gasteiger partial charge in [-0.1, -0.05) is 23.7 Å². The molecule has 4 nitrogen and oxygen atoms in total. The van der Waals surface area contributed by atoms with Gasteiger partial charge in [-0.25, -0.2) is 4.79 Å². The Morgan fingerprint density at radius 2 is 2.04 bits per heavy atom. The zero-order chi connectivity index (χ0) is 17.7. The highest BCUT2D eigenvalue weighted by molar-refractivity contribution is 6.30. The third-order valence-corrected chi connectivity index (χ3v) is 4.20. The quantitative estimate of drug-likeness (QED) is 0.889. The van der Waals surface area contributed by atoms with E-state index in [1.165, 1.54) is 4.90 Å². The lowest BCUT2D eigenvalue weighted by Crippen LogP contribution is -2.43. The Morgan fingerprint density at radius 1 is 1.29 bits per heavy atom. The summed E-state index contributed by atoms with van der Waals surface area (Å²) in [7, 11) is 0. The molecule has 1 saturated heterocycles. The van der Waals surface area contributed by atoms with Crippen molar-refractivity contribution in [3.8, 4) is 0 Å². The third kappa shape index (κ3) is 5.87. The Labute approximate surface area is 144 Å². The average Bonchev–Trinajstić information content (AvgIpc) is 2.71.